The minimum Gasteiger partial charge on any atom is -0.397 e. The van der Waals surface area contributed by atoms with Crippen molar-refractivity contribution in [2.45, 2.75) is 0 Å². The number of benzene rings is 2. The smallest absolute Gasteiger partial charge is 0.255 e. The molecule has 0 spiro atoms. The van der Waals surface area contributed by atoms with E-state index in [1.807, 2.05) is 0 Å². The summed E-state index contributed by atoms with van der Waals surface area (Å²) in [6.07, 6.45) is 0. The summed E-state index contributed by atoms with van der Waals surface area (Å²) in [5.41, 5.74) is 6.59. The predicted molar refractivity (Wildman–Crippen MR) is 75.2 cm³/mol. The molecule has 0 radical (unpaired) electrons. The van der Waals surface area contributed by atoms with Gasteiger partial charge in [-0.2, -0.15) is 0 Å². The number of amides is 1. The van der Waals surface area contributed by atoms with Gasteiger partial charge in [0.05, 0.1) is 16.4 Å². The van der Waals surface area contributed by atoms with Gasteiger partial charge >= 0.3 is 0 Å². The maximum atomic E-state index is 13.3. The second kappa shape index (κ2) is 5.47. The Labute approximate surface area is 119 Å². The van der Waals surface area contributed by atoms with Gasteiger partial charge in [0.1, 0.15) is 5.82 Å². The molecule has 0 aliphatic rings. The minimum atomic E-state index is -0.654. The zero-order valence-electron chi connectivity index (χ0n) is 9.58. The maximum absolute atomic E-state index is 13.3. The van der Waals surface area contributed by atoms with Crippen LogP contribution in [0.5, 0.6) is 0 Å². The van der Waals surface area contributed by atoms with Crippen LogP contribution in [0.2, 0.25) is 10.0 Å². The van der Waals surface area contributed by atoms with Crippen LogP contribution in [0.1, 0.15) is 10.4 Å². The number of anilines is 2. The molecule has 3 N–H and O–H groups in total. The standard InChI is InChI=1S/C13H9Cl2FN2O/c14-8-2-4-12(11(17)6-8)18-13(19)7-1-3-9(15)10(16)5-7/h1-6H,17H2,(H,18,19). The van der Waals surface area contributed by atoms with Gasteiger partial charge in [0, 0.05) is 10.6 Å². The zero-order chi connectivity index (χ0) is 14.0. The first-order valence-electron chi connectivity index (χ1n) is 5.29. The zero-order valence-corrected chi connectivity index (χ0v) is 11.1. The first kappa shape index (κ1) is 13.6. The number of carbonyl (C=O) groups is 1. The van der Waals surface area contributed by atoms with Gasteiger partial charge in [-0.15, -0.1) is 0 Å². The van der Waals surface area contributed by atoms with Crippen LogP contribution in [0, 0.1) is 5.82 Å². The molecular weight excluding hydrogens is 290 g/mol. The van der Waals surface area contributed by atoms with Gasteiger partial charge in [-0.05, 0) is 36.4 Å². The Morgan fingerprint density at radius 1 is 1.16 bits per heavy atom. The molecule has 0 saturated carbocycles. The highest BCUT2D eigenvalue weighted by molar-refractivity contribution is 6.31. The van der Waals surface area contributed by atoms with Crippen LogP contribution in [0.15, 0.2) is 36.4 Å². The second-order valence-corrected chi connectivity index (χ2v) is 4.66. The third-order valence-electron chi connectivity index (χ3n) is 2.44. The number of nitrogens with one attached hydrogen (secondary N) is 1. The molecular formula is C13H9Cl2FN2O. The molecule has 0 saturated heterocycles. The van der Waals surface area contributed by atoms with Gasteiger partial charge in [0.15, 0.2) is 0 Å². The molecule has 6 heteroatoms. The van der Waals surface area contributed by atoms with Gasteiger partial charge in [-0.1, -0.05) is 23.2 Å². The minimum absolute atomic E-state index is 0.0393. The lowest BCUT2D eigenvalue weighted by atomic mass is 10.2. The SMILES string of the molecule is Nc1cc(Cl)ccc1NC(=O)c1ccc(Cl)c(F)c1. The largest absolute Gasteiger partial charge is 0.397 e. The van der Waals surface area contributed by atoms with Gasteiger partial charge in [0.2, 0.25) is 0 Å². The molecule has 98 valence electrons. The highest BCUT2D eigenvalue weighted by Gasteiger charge is 2.10. The monoisotopic (exact) mass is 298 g/mol. The molecule has 0 heterocycles. The first-order valence-corrected chi connectivity index (χ1v) is 6.04. The van der Waals surface area contributed by atoms with E-state index in [0.29, 0.717) is 16.4 Å². The van der Waals surface area contributed by atoms with Gasteiger partial charge in [-0.3, -0.25) is 4.79 Å². The first-order chi connectivity index (χ1) is 8.97. The summed E-state index contributed by atoms with van der Waals surface area (Å²) in [7, 11) is 0. The summed E-state index contributed by atoms with van der Waals surface area (Å²) < 4.78 is 13.3. The van der Waals surface area contributed by atoms with Gasteiger partial charge in [-0.25, -0.2) is 4.39 Å². The van der Waals surface area contributed by atoms with Crippen LogP contribution in [-0.2, 0) is 0 Å². The average Bonchev–Trinajstić information content (AvgIpc) is 2.36. The Morgan fingerprint density at radius 2 is 1.89 bits per heavy atom. The van der Waals surface area contributed by atoms with Crippen molar-refractivity contribution >= 4 is 40.5 Å². The molecule has 0 unspecified atom stereocenters. The molecule has 0 aliphatic carbocycles. The fourth-order valence-electron chi connectivity index (χ4n) is 1.48. The van der Waals surface area contributed by atoms with Crippen LogP contribution in [-0.4, -0.2) is 5.91 Å². The quantitative estimate of drug-likeness (QED) is 0.824. The highest BCUT2D eigenvalue weighted by Crippen LogP contribution is 2.23. The normalized spacial score (nSPS) is 10.3. The van der Waals surface area contributed by atoms with Crippen LogP contribution >= 0.6 is 23.2 Å². The van der Waals surface area contributed by atoms with E-state index in [4.69, 9.17) is 28.9 Å². The number of hydrogen-bond donors (Lipinski definition) is 2. The van der Waals surface area contributed by atoms with Crippen LogP contribution < -0.4 is 11.1 Å². The Balaban J connectivity index is 2.23. The summed E-state index contributed by atoms with van der Waals surface area (Å²) in [6.45, 7) is 0. The second-order valence-electron chi connectivity index (χ2n) is 3.81. The summed E-state index contributed by atoms with van der Waals surface area (Å²) in [6, 6.07) is 8.48. The van der Waals surface area contributed by atoms with Crippen molar-refractivity contribution < 1.29 is 9.18 Å². The molecule has 0 aromatic heterocycles. The molecule has 0 atom stereocenters. The van der Waals surface area contributed by atoms with E-state index >= 15 is 0 Å². The number of rotatable bonds is 2. The predicted octanol–water partition coefficient (Wildman–Crippen LogP) is 3.97. The van der Waals surface area contributed by atoms with Crippen molar-refractivity contribution in [3.8, 4) is 0 Å². The fraction of sp³-hybridized carbons (Fsp3) is 0. The van der Waals surface area contributed by atoms with E-state index in [9.17, 15) is 9.18 Å². The molecule has 2 aromatic rings. The van der Waals surface area contributed by atoms with Crippen molar-refractivity contribution in [2.75, 3.05) is 11.1 Å². The van der Waals surface area contributed by atoms with Gasteiger partial charge in [0.25, 0.3) is 5.91 Å². The molecule has 2 aromatic carbocycles. The number of halogens is 3. The summed E-state index contributed by atoms with van der Waals surface area (Å²) in [5.74, 6) is -1.14. The lowest BCUT2D eigenvalue weighted by molar-refractivity contribution is 0.102. The lowest BCUT2D eigenvalue weighted by Gasteiger charge is -2.08. The van der Waals surface area contributed by atoms with Crippen LogP contribution in [0.25, 0.3) is 0 Å². The van der Waals surface area contributed by atoms with Crippen LogP contribution in [0.3, 0.4) is 0 Å². The third-order valence-corrected chi connectivity index (χ3v) is 2.99. The van der Waals surface area contributed by atoms with E-state index in [1.165, 1.54) is 18.2 Å². The van der Waals surface area contributed by atoms with Crippen molar-refractivity contribution in [2.24, 2.45) is 0 Å². The van der Waals surface area contributed by atoms with Crippen molar-refractivity contribution in [3.05, 3.63) is 57.8 Å². The summed E-state index contributed by atoms with van der Waals surface area (Å²) in [4.78, 5) is 11.9. The molecule has 19 heavy (non-hydrogen) atoms. The van der Waals surface area contributed by atoms with E-state index in [0.717, 1.165) is 6.07 Å². The highest BCUT2D eigenvalue weighted by atomic mass is 35.5. The Bertz CT molecular complexity index is 647. The molecule has 0 bridgehead atoms. The number of hydrogen-bond acceptors (Lipinski definition) is 2. The third kappa shape index (κ3) is 3.16. The Morgan fingerprint density at radius 3 is 2.53 bits per heavy atom. The van der Waals surface area contributed by atoms with E-state index in [2.05, 4.69) is 5.32 Å². The fourth-order valence-corrected chi connectivity index (χ4v) is 1.78. The molecule has 1 amide bonds. The van der Waals surface area contributed by atoms with E-state index in [-0.39, 0.29) is 10.6 Å². The maximum Gasteiger partial charge on any atom is 0.255 e. The number of nitrogens with two attached hydrogens (primary N) is 1. The van der Waals surface area contributed by atoms with Crippen molar-refractivity contribution in [1.29, 1.82) is 0 Å². The topological polar surface area (TPSA) is 55.1 Å². The summed E-state index contributed by atoms with van der Waals surface area (Å²) >= 11 is 11.3. The van der Waals surface area contributed by atoms with Crippen LogP contribution in [0.4, 0.5) is 15.8 Å². The van der Waals surface area contributed by atoms with Gasteiger partial charge < -0.3 is 11.1 Å². The average molecular weight is 299 g/mol. The molecule has 0 fully saturated rings. The van der Waals surface area contributed by atoms with Crippen molar-refractivity contribution in [3.63, 3.8) is 0 Å². The Hall–Kier alpha value is -1.78. The Kier molecular flexibility index (Phi) is 3.93. The lowest BCUT2D eigenvalue weighted by Crippen LogP contribution is -2.13. The number of carbonyl (C=O) groups excluding carboxylic acids is 1. The van der Waals surface area contributed by atoms with E-state index < -0.39 is 11.7 Å². The van der Waals surface area contributed by atoms with E-state index in [1.54, 1.807) is 12.1 Å². The molecule has 0 aliphatic heterocycles. The molecule has 3 nitrogen and oxygen atoms in total. The number of nitrogen functional groups attached to an aromatic ring is 1. The summed E-state index contributed by atoms with van der Waals surface area (Å²) in [5, 5.41) is 2.99. The van der Waals surface area contributed by atoms with Crippen molar-refractivity contribution in [1.82, 2.24) is 0 Å². The molecule has 2 rings (SSSR count).